The third-order valence-corrected chi connectivity index (χ3v) is 3.17. The molecule has 14 heavy (non-hydrogen) atoms. The first-order valence-electron chi connectivity index (χ1n) is 5.45. The lowest BCUT2D eigenvalue weighted by molar-refractivity contribution is -0.118. The second-order valence-corrected chi connectivity index (χ2v) is 5.11. The second kappa shape index (κ2) is 5.13. The third-order valence-electron chi connectivity index (χ3n) is 2.95. The fourth-order valence-corrected chi connectivity index (χ4v) is 2.70. The van der Waals surface area contributed by atoms with E-state index in [-0.39, 0.29) is 11.3 Å². The van der Waals surface area contributed by atoms with E-state index in [1.54, 1.807) is 0 Å². The standard InChI is InChI=1S/C11H20ClNO/c1-8(2)10(11(12)14)13-6-4-5-9(3)7-13/h8-10H,4-7H2,1-3H3. The van der Waals surface area contributed by atoms with Gasteiger partial charge in [0.25, 0.3) is 0 Å². The summed E-state index contributed by atoms with van der Waals surface area (Å²) in [6.45, 7) is 8.39. The van der Waals surface area contributed by atoms with E-state index in [4.69, 9.17) is 11.6 Å². The van der Waals surface area contributed by atoms with Crippen LogP contribution < -0.4 is 0 Å². The van der Waals surface area contributed by atoms with Crippen molar-refractivity contribution in [3.05, 3.63) is 0 Å². The van der Waals surface area contributed by atoms with Crippen molar-refractivity contribution in [1.82, 2.24) is 4.90 Å². The van der Waals surface area contributed by atoms with Gasteiger partial charge in [0.15, 0.2) is 0 Å². The molecule has 3 heteroatoms. The van der Waals surface area contributed by atoms with Crippen LogP contribution in [0.1, 0.15) is 33.6 Å². The molecule has 0 aromatic carbocycles. The van der Waals surface area contributed by atoms with Gasteiger partial charge in [0.2, 0.25) is 5.24 Å². The van der Waals surface area contributed by atoms with Crippen molar-refractivity contribution in [2.24, 2.45) is 11.8 Å². The van der Waals surface area contributed by atoms with Gasteiger partial charge in [0.1, 0.15) is 0 Å². The summed E-state index contributed by atoms with van der Waals surface area (Å²) in [5.41, 5.74) is 0. The van der Waals surface area contributed by atoms with Crippen molar-refractivity contribution in [3.63, 3.8) is 0 Å². The first kappa shape index (κ1) is 12.0. The highest BCUT2D eigenvalue weighted by molar-refractivity contribution is 6.64. The van der Waals surface area contributed by atoms with Gasteiger partial charge in [0.05, 0.1) is 6.04 Å². The Morgan fingerprint density at radius 1 is 1.50 bits per heavy atom. The highest BCUT2D eigenvalue weighted by Gasteiger charge is 2.30. The van der Waals surface area contributed by atoms with Gasteiger partial charge in [0, 0.05) is 6.54 Å². The van der Waals surface area contributed by atoms with E-state index in [0.717, 1.165) is 13.1 Å². The van der Waals surface area contributed by atoms with Gasteiger partial charge in [-0.1, -0.05) is 20.8 Å². The molecule has 2 nitrogen and oxygen atoms in total. The van der Waals surface area contributed by atoms with E-state index in [2.05, 4.69) is 25.7 Å². The molecule has 82 valence electrons. The van der Waals surface area contributed by atoms with Crippen molar-refractivity contribution in [2.45, 2.75) is 39.7 Å². The van der Waals surface area contributed by atoms with Crippen LogP contribution in [0.25, 0.3) is 0 Å². The molecule has 0 spiro atoms. The smallest absolute Gasteiger partial charge is 0.239 e. The summed E-state index contributed by atoms with van der Waals surface area (Å²) in [7, 11) is 0. The van der Waals surface area contributed by atoms with E-state index in [1.165, 1.54) is 12.8 Å². The van der Waals surface area contributed by atoms with E-state index in [1.807, 2.05) is 0 Å². The fourth-order valence-electron chi connectivity index (χ4n) is 2.31. The predicted molar refractivity (Wildman–Crippen MR) is 59.5 cm³/mol. The SMILES string of the molecule is CC1CCCN(C(C(=O)Cl)C(C)C)C1. The number of halogens is 1. The van der Waals surface area contributed by atoms with Crippen LogP contribution in [0.3, 0.4) is 0 Å². The Labute approximate surface area is 91.6 Å². The molecule has 1 rings (SSSR count). The van der Waals surface area contributed by atoms with E-state index >= 15 is 0 Å². The molecule has 1 heterocycles. The normalized spacial score (nSPS) is 26.5. The van der Waals surface area contributed by atoms with Crippen molar-refractivity contribution >= 4 is 16.8 Å². The van der Waals surface area contributed by atoms with Gasteiger partial charge >= 0.3 is 0 Å². The lowest BCUT2D eigenvalue weighted by Crippen LogP contribution is -2.47. The minimum atomic E-state index is -0.200. The molecule has 2 atom stereocenters. The van der Waals surface area contributed by atoms with Gasteiger partial charge in [-0.15, -0.1) is 0 Å². The number of carbonyl (C=O) groups is 1. The topological polar surface area (TPSA) is 20.3 Å². The molecule has 0 bridgehead atoms. The molecule has 2 unspecified atom stereocenters. The molecule has 0 saturated carbocycles. The first-order valence-corrected chi connectivity index (χ1v) is 5.83. The van der Waals surface area contributed by atoms with Crippen molar-refractivity contribution in [3.8, 4) is 0 Å². The number of piperidine rings is 1. The molecule has 0 aliphatic carbocycles. The second-order valence-electron chi connectivity index (χ2n) is 4.74. The molecule has 1 fully saturated rings. The Hall–Kier alpha value is -0.0800. The van der Waals surface area contributed by atoms with Gasteiger partial charge in [-0.2, -0.15) is 0 Å². The largest absolute Gasteiger partial charge is 0.292 e. The summed E-state index contributed by atoms with van der Waals surface area (Å²) in [6.07, 6.45) is 2.46. The monoisotopic (exact) mass is 217 g/mol. The van der Waals surface area contributed by atoms with Crippen LogP contribution in [0.15, 0.2) is 0 Å². The fraction of sp³-hybridized carbons (Fsp3) is 0.909. The summed E-state index contributed by atoms with van der Waals surface area (Å²) in [4.78, 5) is 13.6. The Bertz CT molecular complexity index is 205. The number of nitrogens with zero attached hydrogens (tertiary/aromatic N) is 1. The molecular weight excluding hydrogens is 198 g/mol. The summed E-state index contributed by atoms with van der Waals surface area (Å²) in [5, 5.41) is -0.200. The summed E-state index contributed by atoms with van der Waals surface area (Å²) < 4.78 is 0. The maximum Gasteiger partial charge on any atom is 0.239 e. The molecule has 1 aliphatic rings. The van der Waals surface area contributed by atoms with E-state index < -0.39 is 0 Å². The molecule has 0 amide bonds. The maximum atomic E-state index is 11.3. The van der Waals surface area contributed by atoms with Crippen LogP contribution in [-0.2, 0) is 4.79 Å². The van der Waals surface area contributed by atoms with Crippen molar-refractivity contribution < 1.29 is 4.79 Å². The Balaban J connectivity index is 2.63. The number of hydrogen-bond donors (Lipinski definition) is 0. The van der Waals surface area contributed by atoms with Crippen molar-refractivity contribution in [2.75, 3.05) is 13.1 Å². The highest BCUT2D eigenvalue weighted by atomic mass is 35.5. The lowest BCUT2D eigenvalue weighted by atomic mass is 9.95. The Morgan fingerprint density at radius 2 is 2.14 bits per heavy atom. The number of carbonyl (C=O) groups excluding carboxylic acids is 1. The number of rotatable bonds is 3. The van der Waals surface area contributed by atoms with Crippen LogP contribution in [-0.4, -0.2) is 29.3 Å². The molecule has 0 radical (unpaired) electrons. The van der Waals surface area contributed by atoms with Gasteiger partial charge in [-0.05, 0) is 42.8 Å². The summed E-state index contributed by atoms with van der Waals surface area (Å²) >= 11 is 5.64. The molecule has 0 N–H and O–H groups in total. The summed E-state index contributed by atoms with van der Waals surface area (Å²) in [6, 6.07) is -0.0839. The molecule has 0 aromatic rings. The lowest BCUT2D eigenvalue weighted by Gasteiger charge is -2.37. The zero-order chi connectivity index (χ0) is 10.7. The number of likely N-dealkylation sites (tertiary alicyclic amines) is 1. The molecular formula is C11H20ClNO. The van der Waals surface area contributed by atoms with Crippen LogP contribution in [0.5, 0.6) is 0 Å². The van der Waals surface area contributed by atoms with E-state index in [9.17, 15) is 4.79 Å². The summed E-state index contributed by atoms with van der Waals surface area (Å²) in [5.74, 6) is 1.01. The molecule has 1 aliphatic heterocycles. The van der Waals surface area contributed by atoms with E-state index in [0.29, 0.717) is 11.8 Å². The Morgan fingerprint density at radius 3 is 2.57 bits per heavy atom. The van der Waals surface area contributed by atoms with Gasteiger partial charge in [-0.3, -0.25) is 9.69 Å². The van der Waals surface area contributed by atoms with Crippen LogP contribution in [0.2, 0.25) is 0 Å². The third kappa shape index (κ3) is 2.96. The number of hydrogen-bond acceptors (Lipinski definition) is 2. The zero-order valence-electron chi connectivity index (χ0n) is 9.29. The van der Waals surface area contributed by atoms with Crippen LogP contribution >= 0.6 is 11.6 Å². The van der Waals surface area contributed by atoms with Crippen LogP contribution in [0.4, 0.5) is 0 Å². The average molecular weight is 218 g/mol. The zero-order valence-corrected chi connectivity index (χ0v) is 10.0. The quantitative estimate of drug-likeness (QED) is 0.678. The van der Waals surface area contributed by atoms with Gasteiger partial charge < -0.3 is 0 Å². The minimum absolute atomic E-state index is 0.0839. The Kier molecular flexibility index (Phi) is 4.39. The first-order chi connectivity index (χ1) is 6.52. The van der Waals surface area contributed by atoms with Crippen molar-refractivity contribution in [1.29, 1.82) is 0 Å². The highest BCUT2D eigenvalue weighted by Crippen LogP contribution is 2.22. The maximum absolute atomic E-state index is 11.3. The molecule has 0 aromatic heterocycles. The predicted octanol–water partition coefficient (Wildman–Crippen LogP) is 2.51. The average Bonchev–Trinajstić information content (AvgIpc) is 2.02. The minimum Gasteiger partial charge on any atom is -0.292 e. The van der Waals surface area contributed by atoms with Gasteiger partial charge in [-0.25, -0.2) is 0 Å². The molecule has 1 saturated heterocycles. The van der Waals surface area contributed by atoms with Crippen LogP contribution in [0, 0.1) is 11.8 Å².